The molecule has 1 N–H and O–H groups in total. The second-order valence-electron chi connectivity index (χ2n) is 8.33. The first kappa shape index (κ1) is 22.2. The summed E-state index contributed by atoms with van der Waals surface area (Å²) in [5, 5.41) is 10.7. The minimum Gasteiger partial charge on any atom is -0.458 e. The van der Waals surface area contributed by atoms with E-state index in [0.717, 1.165) is 0 Å². The smallest absolute Gasteiger partial charge is 0.341 e. The van der Waals surface area contributed by atoms with E-state index in [1.54, 1.807) is 39.8 Å². The van der Waals surface area contributed by atoms with Crippen molar-refractivity contribution in [1.29, 1.82) is 0 Å². The standard InChI is InChI=1S/C22H28O8/c1-10-7-18(29-21(26)22(6)13(4)30-22)19-12(3)20(25)28-17(19)8-11(2)16(9-15(10)24)27-14(5)23/h7-8,13,15-19,24H,3,9H2,1-2,4-6H3/b10-7+,11-8-/t13-,15-,16+,17-,18-,19+,22+/m1/s1. The van der Waals surface area contributed by atoms with Gasteiger partial charge in [0.25, 0.3) is 0 Å². The molecule has 164 valence electrons. The third kappa shape index (κ3) is 4.20. The van der Waals surface area contributed by atoms with Crippen LogP contribution in [0.3, 0.4) is 0 Å². The minimum atomic E-state index is -1.04. The van der Waals surface area contributed by atoms with Crippen molar-refractivity contribution in [3.05, 3.63) is 35.5 Å². The van der Waals surface area contributed by atoms with Crippen LogP contribution >= 0.6 is 0 Å². The summed E-state index contributed by atoms with van der Waals surface area (Å²) in [6.07, 6.45) is -0.176. The molecule has 3 aliphatic rings. The average Bonchev–Trinajstić information content (AvgIpc) is 3.17. The number of hydrogen-bond acceptors (Lipinski definition) is 8. The van der Waals surface area contributed by atoms with Crippen LogP contribution in [0.25, 0.3) is 0 Å². The molecule has 0 radical (unpaired) electrons. The van der Waals surface area contributed by atoms with Gasteiger partial charge in [-0.3, -0.25) is 4.79 Å². The number of hydrogen-bond donors (Lipinski definition) is 1. The summed E-state index contributed by atoms with van der Waals surface area (Å²) >= 11 is 0. The molecule has 0 bridgehead atoms. The van der Waals surface area contributed by atoms with Gasteiger partial charge in [0.05, 0.1) is 18.1 Å². The molecule has 0 unspecified atom stereocenters. The molecule has 2 fully saturated rings. The molecule has 8 nitrogen and oxygen atoms in total. The number of aliphatic hydroxyl groups excluding tert-OH is 1. The van der Waals surface area contributed by atoms with Gasteiger partial charge in [-0.05, 0) is 51.0 Å². The van der Waals surface area contributed by atoms with Crippen molar-refractivity contribution in [2.24, 2.45) is 5.92 Å². The molecule has 0 spiro atoms. The van der Waals surface area contributed by atoms with E-state index >= 15 is 0 Å². The van der Waals surface area contributed by atoms with Crippen molar-refractivity contribution in [3.8, 4) is 0 Å². The molecule has 0 amide bonds. The summed E-state index contributed by atoms with van der Waals surface area (Å²) in [6.45, 7) is 11.9. The van der Waals surface area contributed by atoms with Gasteiger partial charge in [0, 0.05) is 18.9 Å². The van der Waals surface area contributed by atoms with E-state index in [4.69, 9.17) is 18.9 Å². The second kappa shape index (κ2) is 8.00. The predicted molar refractivity (Wildman–Crippen MR) is 105 cm³/mol. The zero-order valence-corrected chi connectivity index (χ0v) is 17.8. The molecule has 2 aliphatic heterocycles. The Kier molecular flexibility index (Phi) is 5.93. The molecule has 0 aromatic rings. The number of aliphatic hydroxyl groups is 1. The Hall–Kier alpha value is -2.45. The molecule has 7 atom stereocenters. The van der Waals surface area contributed by atoms with E-state index in [9.17, 15) is 19.5 Å². The van der Waals surface area contributed by atoms with Gasteiger partial charge in [0.2, 0.25) is 0 Å². The monoisotopic (exact) mass is 420 g/mol. The lowest BCUT2D eigenvalue weighted by molar-refractivity contribution is -0.155. The van der Waals surface area contributed by atoms with Crippen LogP contribution in [-0.2, 0) is 33.3 Å². The summed E-state index contributed by atoms with van der Waals surface area (Å²) < 4.78 is 21.9. The van der Waals surface area contributed by atoms with Crippen molar-refractivity contribution in [2.45, 2.75) is 77.2 Å². The molecule has 3 rings (SSSR count). The maximum atomic E-state index is 12.7. The molecule has 0 saturated carbocycles. The van der Waals surface area contributed by atoms with Crippen LogP contribution in [-0.4, -0.2) is 59.1 Å². The Labute approximate surface area is 175 Å². The van der Waals surface area contributed by atoms with Crippen LogP contribution < -0.4 is 0 Å². The molecule has 0 aromatic carbocycles. The zero-order chi connectivity index (χ0) is 22.4. The molecular weight excluding hydrogens is 392 g/mol. The van der Waals surface area contributed by atoms with Crippen LogP contribution in [0.4, 0.5) is 0 Å². The van der Waals surface area contributed by atoms with Gasteiger partial charge in [-0.1, -0.05) is 6.58 Å². The Balaban J connectivity index is 1.99. The lowest BCUT2D eigenvalue weighted by Gasteiger charge is -2.29. The summed E-state index contributed by atoms with van der Waals surface area (Å²) in [7, 11) is 0. The number of rotatable bonds is 3. The SMILES string of the molecule is C=C1C(=O)O[C@@H]2/C=C(/C)[C@@H](OC(C)=O)C[C@@H](O)/C(C)=C/[C@@H](OC(=O)[C@@]3(C)O[C@@H]3C)[C@@H]12. The van der Waals surface area contributed by atoms with Crippen molar-refractivity contribution >= 4 is 17.9 Å². The molecular formula is C22H28O8. The third-order valence-corrected chi connectivity index (χ3v) is 6.04. The van der Waals surface area contributed by atoms with Gasteiger partial charge >= 0.3 is 17.9 Å². The van der Waals surface area contributed by atoms with E-state index < -0.39 is 53.8 Å². The molecule has 2 heterocycles. The van der Waals surface area contributed by atoms with Crippen LogP contribution in [0.1, 0.15) is 41.0 Å². The lowest BCUT2D eigenvalue weighted by Crippen LogP contribution is -2.37. The van der Waals surface area contributed by atoms with E-state index in [2.05, 4.69) is 6.58 Å². The van der Waals surface area contributed by atoms with Crippen molar-refractivity contribution in [3.63, 3.8) is 0 Å². The maximum absolute atomic E-state index is 12.7. The fraction of sp³-hybridized carbons (Fsp3) is 0.591. The molecule has 30 heavy (non-hydrogen) atoms. The number of carbonyl (C=O) groups is 3. The summed E-state index contributed by atoms with van der Waals surface area (Å²) in [4.78, 5) is 36.5. The van der Waals surface area contributed by atoms with Gasteiger partial charge < -0.3 is 24.1 Å². The van der Waals surface area contributed by atoms with E-state index in [1.807, 2.05) is 0 Å². The molecule has 0 aromatic heterocycles. The highest BCUT2D eigenvalue weighted by molar-refractivity contribution is 5.91. The van der Waals surface area contributed by atoms with Crippen LogP contribution in [0.5, 0.6) is 0 Å². The number of carbonyl (C=O) groups excluding carboxylic acids is 3. The normalized spacial score (nSPS) is 42.1. The van der Waals surface area contributed by atoms with Crippen LogP contribution in [0.15, 0.2) is 35.5 Å². The largest absolute Gasteiger partial charge is 0.458 e. The number of ether oxygens (including phenoxy) is 4. The van der Waals surface area contributed by atoms with Crippen molar-refractivity contribution < 1.29 is 38.4 Å². The molecule has 8 heteroatoms. The van der Waals surface area contributed by atoms with Crippen LogP contribution in [0.2, 0.25) is 0 Å². The first-order valence-electron chi connectivity index (χ1n) is 9.94. The Morgan fingerprint density at radius 3 is 2.43 bits per heavy atom. The number of esters is 3. The third-order valence-electron chi connectivity index (χ3n) is 6.04. The van der Waals surface area contributed by atoms with E-state index in [1.165, 1.54) is 6.92 Å². The topological polar surface area (TPSA) is 112 Å². The van der Waals surface area contributed by atoms with Crippen molar-refractivity contribution in [2.75, 3.05) is 0 Å². The van der Waals surface area contributed by atoms with Gasteiger partial charge in [-0.25, -0.2) is 9.59 Å². The highest BCUT2D eigenvalue weighted by Gasteiger charge is 2.58. The number of fused-ring (bicyclic) bond motifs is 1. The number of epoxide rings is 1. The summed E-state index contributed by atoms with van der Waals surface area (Å²) in [6, 6.07) is 0. The highest BCUT2D eigenvalue weighted by Crippen LogP contribution is 2.40. The van der Waals surface area contributed by atoms with Gasteiger partial charge in [0.15, 0.2) is 5.60 Å². The van der Waals surface area contributed by atoms with E-state index in [0.29, 0.717) is 11.1 Å². The first-order valence-corrected chi connectivity index (χ1v) is 9.94. The summed E-state index contributed by atoms with van der Waals surface area (Å²) in [5.74, 6) is -2.32. The van der Waals surface area contributed by atoms with Crippen molar-refractivity contribution in [1.82, 2.24) is 0 Å². The van der Waals surface area contributed by atoms with Gasteiger partial charge in [-0.2, -0.15) is 0 Å². The fourth-order valence-corrected chi connectivity index (χ4v) is 3.78. The van der Waals surface area contributed by atoms with Gasteiger partial charge in [-0.15, -0.1) is 0 Å². The lowest BCUT2D eigenvalue weighted by atomic mass is 9.85. The first-order chi connectivity index (χ1) is 13.9. The highest BCUT2D eigenvalue weighted by atomic mass is 16.7. The fourth-order valence-electron chi connectivity index (χ4n) is 3.78. The van der Waals surface area contributed by atoms with Gasteiger partial charge in [0.1, 0.15) is 18.3 Å². The summed E-state index contributed by atoms with van der Waals surface area (Å²) in [5.41, 5.74) is 0.260. The average molecular weight is 420 g/mol. The molecule has 1 aliphatic carbocycles. The Bertz CT molecular complexity index is 840. The minimum absolute atomic E-state index is 0.120. The van der Waals surface area contributed by atoms with Crippen LogP contribution in [0, 0.1) is 5.92 Å². The molecule has 2 saturated heterocycles. The second-order valence-corrected chi connectivity index (χ2v) is 8.33. The maximum Gasteiger partial charge on any atom is 0.341 e. The Morgan fingerprint density at radius 1 is 1.23 bits per heavy atom. The zero-order valence-electron chi connectivity index (χ0n) is 17.8. The van der Waals surface area contributed by atoms with E-state index in [-0.39, 0.29) is 18.1 Å². The predicted octanol–water partition coefficient (Wildman–Crippen LogP) is 1.76. The quantitative estimate of drug-likeness (QED) is 0.242. The Morgan fingerprint density at radius 2 is 1.87 bits per heavy atom.